The van der Waals surface area contributed by atoms with Gasteiger partial charge in [0, 0.05) is 27.7 Å². The molecule has 0 fully saturated rings. The van der Waals surface area contributed by atoms with Gasteiger partial charge >= 0.3 is 12.0 Å². The number of benzene rings is 4. The molecule has 0 aliphatic rings. The van der Waals surface area contributed by atoms with Crippen LogP contribution in [0.1, 0.15) is 11.1 Å². The molecule has 176 valence electrons. The molecule has 4 rings (SSSR count). The van der Waals surface area contributed by atoms with Crippen molar-refractivity contribution < 1.29 is 14.7 Å². The molecule has 0 heterocycles. The zero-order chi connectivity index (χ0) is 24.5. The fraction of sp³-hybridized carbons (Fsp3) is 0.103. The quantitative estimate of drug-likeness (QED) is 0.277. The third-order valence-electron chi connectivity index (χ3n) is 5.38. The maximum Gasteiger partial charge on any atom is 0.326 e. The van der Waals surface area contributed by atoms with Crippen LogP contribution in [0.3, 0.4) is 0 Å². The van der Waals surface area contributed by atoms with Gasteiger partial charge in [0.15, 0.2) is 0 Å². The third kappa shape index (κ3) is 7.22. The molecule has 2 amide bonds. The van der Waals surface area contributed by atoms with E-state index in [0.29, 0.717) is 6.54 Å². The van der Waals surface area contributed by atoms with E-state index in [1.165, 1.54) is 0 Å². The number of carboxylic acids is 1. The van der Waals surface area contributed by atoms with Crippen molar-refractivity contribution in [1.82, 2.24) is 0 Å². The topological polar surface area (TPSA) is 69.6 Å². The number of amides is 2. The van der Waals surface area contributed by atoms with Crippen molar-refractivity contribution >= 4 is 35.1 Å². The molecule has 4 aromatic carbocycles. The maximum absolute atomic E-state index is 13.3. The molecule has 35 heavy (non-hydrogen) atoms. The van der Waals surface area contributed by atoms with Gasteiger partial charge in [-0.3, -0.25) is 9.69 Å². The third-order valence-corrected chi connectivity index (χ3v) is 6.38. The van der Waals surface area contributed by atoms with Crippen molar-refractivity contribution in [2.45, 2.75) is 22.6 Å². The van der Waals surface area contributed by atoms with Crippen LogP contribution in [-0.4, -0.2) is 23.7 Å². The number of urea groups is 1. The maximum atomic E-state index is 13.3. The van der Waals surface area contributed by atoms with Gasteiger partial charge in [0.25, 0.3) is 0 Å². The van der Waals surface area contributed by atoms with Crippen LogP contribution >= 0.6 is 11.8 Å². The summed E-state index contributed by atoms with van der Waals surface area (Å²) in [6, 6.07) is 34.8. The lowest BCUT2D eigenvalue weighted by Crippen LogP contribution is -2.36. The summed E-state index contributed by atoms with van der Waals surface area (Å²) in [5.74, 6) is -0.845. The molecule has 0 atom stereocenters. The smallest absolute Gasteiger partial charge is 0.326 e. The van der Waals surface area contributed by atoms with E-state index >= 15 is 0 Å². The van der Waals surface area contributed by atoms with Crippen molar-refractivity contribution in [3.8, 4) is 0 Å². The lowest BCUT2D eigenvalue weighted by Gasteiger charge is -2.24. The Morgan fingerprint density at radius 2 is 1.43 bits per heavy atom. The average Bonchev–Trinajstić information content (AvgIpc) is 2.87. The number of hydrogen-bond donors (Lipinski definition) is 2. The molecule has 0 bridgehead atoms. The number of hydrogen-bond acceptors (Lipinski definition) is 3. The number of carbonyl (C=O) groups excluding carboxylic acids is 1. The van der Waals surface area contributed by atoms with Crippen LogP contribution in [-0.2, 0) is 17.6 Å². The lowest BCUT2D eigenvalue weighted by molar-refractivity contribution is -0.136. The predicted molar refractivity (Wildman–Crippen MR) is 141 cm³/mol. The highest BCUT2D eigenvalue weighted by atomic mass is 32.2. The number of anilines is 2. The highest BCUT2D eigenvalue weighted by Crippen LogP contribution is 2.31. The highest BCUT2D eigenvalue weighted by molar-refractivity contribution is 7.99. The van der Waals surface area contributed by atoms with Gasteiger partial charge in [-0.05, 0) is 60.0 Å². The van der Waals surface area contributed by atoms with E-state index in [4.69, 9.17) is 5.11 Å². The van der Waals surface area contributed by atoms with Crippen LogP contribution in [0.5, 0.6) is 0 Å². The zero-order valence-electron chi connectivity index (χ0n) is 19.1. The van der Waals surface area contributed by atoms with Gasteiger partial charge in [0.2, 0.25) is 0 Å². The van der Waals surface area contributed by atoms with Gasteiger partial charge < -0.3 is 10.4 Å². The van der Waals surface area contributed by atoms with E-state index in [-0.39, 0.29) is 12.5 Å². The van der Waals surface area contributed by atoms with Crippen LogP contribution in [0, 0.1) is 0 Å². The normalized spacial score (nSPS) is 10.5. The largest absolute Gasteiger partial charge is 0.481 e. The molecular formula is C29H26N2O3S. The standard InChI is InChI=1S/C29H26N2O3S/c32-28(33)20-23-14-16-26(17-15-23)35-27-13-7-12-25(21-27)31(19-18-22-8-3-1-4-9-22)29(34)30-24-10-5-2-6-11-24/h1-17,21H,18-20H2,(H,30,34)(H,32,33). The summed E-state index contributed by atoms with van der Waals surface area (Å²) in [7, 11) is 0. The zero-order valence-corrected chi connectivity index (χ0v) is 19.9. The Morgan fingerprint density at radius 3 is 2.11 bits per heavy atom. The first-order chi connectivity index (χ1) is 17.1. The molecule has 0 unspecified atom stereocenters. The van der Waals surface area contributed by atoms with Crippen molar-refractivity contribution in [1.29, 1.82) is 0 Å². The van der Waals surface area contributed by atoms with Crippen molar-refractivity contribution in [2.75, 3.05) is 16.8 Å². The van der Waals surface area contributed by atoms with E-state index in [1.54, 1.807) is 16.7 Å². The molecule has 0 saturated heterocycles. The molecule has 6 heteroatoms. The number of carboxylic acid groups (broad SMARTS) is 1. The van der Waals surface area contributed by atoms with E-state index in [0.717, 1.165) is 38.7 Å². The van der Waals surface area contributed by atoms with Gasteiger partial charge in [0.05, 0.1) is 6.42 Å². The van der Waals surface area contributed by atoms with E-state index in [1.807, 2.05) is 97.1 Å². The average molecular weight is 483 g/mol. The Hall–Kier alpha value is -4.03. The van der Waals surface area contributed by atoms with Crippen LogP contribution < -0.4 is 10.2 Å². The summed E-state index contributed by atoms with van der Waals surface area (Å²) in [4.78, 5) is 28.0. The first kappa shape index (κ1) is 24.1. The molecular weight excluding hydrogens is 456 g/mol. The second kappa shape index (κ2) is 11.9. The number of nitrogens with one attached hydrogen (secondary N) is 1. The van der Waals surface area contributed by atoms with Crippen LogP contribution in [0.4, 0.5) is 16.2 Å². The summed E-state index contributed by atoms with van der Waals surface area (Å²) in [5.41, 5.74) is 3.48. The first-order valence-electron chi connectivity index (χ1n) is 11.3. The molecule has 0 aromatic heterocycles. The second-order valence-electron chi connectivity index (χ2n) is 8.00. The summed E-state index contributed by atoms with van der Waals surface area (Å²) in [5, 5.41) is 12.0. The monoisotopic (exact) mass is 482 g/mol. The SMILES string of the molecule is O=C(O)Cc1ccc(Sc2cccc(N(CCc3ccccc3)C(=O)Nc3ccccc3)c2)cc1. The van der Waals surface area contributed by atoms with Crippen molar-refractivity contribution in [3.05, 3.63) is 120 Å². The van der Waals surface area contributed by atoms with Crippen molar-refractivity contribution in [3.63, 3.8) is 0 Å². The summed E-state index contributed by atoms with van der Waals surface area (Å²) >= 11 is 1.57. The Balaban J connectivity index is 1.53. The Labute approximate surface area is 209 Å². The number of carbonyl (C=O) groups is 2. The van der Waals surface area contributed by atoms with Crippen LogP contribution in [0.2, 0.25) is 0 Å². The fourth-order valence-electron chi connectivity index (χ4n) is 3.65. The Morgan fingerprint density at radius 1 is 0.743 bits per heavy atom. The number of para-hydroxylation sites is 1. The molecule has 5 nitrogen and oxygen atoms in total. The van der Waals surface area contributed by atoms with E-state index in [9.17, 15) is 9.59 Å². The Kier molecular flexibility index (Phi) is 8.20. The molecule has 0 aliphatic heterocycles. The number of aliphatic carboxylic acids is 1. The second-order valence-corrected chi connectivity index (χ2v) is 9.14. The fourth-order valence-corrected chi connectivity index (χ4v) is 4.52. The molecule has 0 aliphatic carbocycles. The van der Waals surface area contributed by atoms with Crippen molar-refractivity contribution in [2.24, 2.45) is 0 Å². The molecule has 4 aromatic rings. The summed E-state index contributed by atoms with van der Waals surface area (Å²) < 4.78 is 0. The molecule has 2 N–H and O–H groups in total. The predicted octanol–water partition coefficient (Wildman–Crippen LogP) is 6.75. The van der Waals surface area contributed by atoms with Gasteiger partial charge in [-0.25, -0.2) is 4.79 Å². The molecule has 0 spiro atoms. The van der Waals surface area contributed by atoms with Crippen LogP contribution in [0.25, 0.3) is 0 Å². The van der Waals surface area contributed by atoms with Crippen LogP contribution in [0.15, 0.2) is 119 Å². The number of nitrogens with zero attached hydrogens (tertiary/aromatic N) is 1. The summed E-state index contributed by atoms with van der Waals surface area (Å²) in [6.07, 6.45) is 0.735. The number of rotatable bonds is 9. The minimum atomic E-state index is -0.845. The van der Waals surface area contributed by atoms with Gasteiger partial charge in [-0.15, -0.1) is 0 Å². The summed E-state index contributed by atoms with van der Waals surface area (Å²) in [6.45, 7) is 0.528. The molecule has 0 radical (unpaired) electrons. The first-order valence-corrected chi connectivity index (χ1v) is 12.1. The van der Waals surface area contributed by atoms with Gasteiger partial charge in [-0.1, -0.05) is 78.5 Å². The van der Waals surface area contributed by atoms with E-state index in [2.05, 4.69) is 17.4 Å². The van der Waals surface area contributed by atoms with E-state index < -0.39 is 5.97 Å². The lowest BCUT2D eigenvalue weighted by atomic mass is 10.1. The highest BCUT2D eigenvalue weighted by Gasteiger charge is 2.17. The minimum Gasteiger partial charge on any atom is -0.481 e. The Bertz CT molecular complexity index is 1260. The van der Waals surface area contributed by atoms with Gasteiger partial charge in [-0.2, -0.15) is 0 Å². The molecule has 0 saturated carbocycles. The van der Waals surface area contributed by atoms with Gasteiger partial charge in [0.1, 0.15) is 0 Å². The minimum absolute atomic E-state index is 0.00727.